The summed E-state index contributed by atoms with van der Waals surface area (Å²) in [6, 6.07) is 10.3. The molecule has 4 heteroatoms. The Hall–Kier alpha value is -1.34. The molecule has 1 saturated carbocycles. The Labute approximate surface area is 102 Å². The van der Waals surface area contributed by atoms with Crippen LogP contribution >= 0.6 is 0 Å². The standard InChI is InChI=1S/C13H15NO2S/c1-12(2)8-13(9-12,10-14)17(15,16)11-6-4-3-5-7-11/h3-7H,8-9H2,1-2H3. The van der Waals surface area contributed by atoms with Crippen molar-refractivity contribution in [3.05, 3.63) is 30.3 Å². The van der Waals surface area contributed by atoms with Gasteiger partial charge >= 0.3 is 0 Å². The summed E-state index contributed by atoms with van der Waals surface area (Å²) in [4.78, 5) is 0.247. The molecule has 1 aromatic carbocycles. The lowest BCUT2D eigenvalue weighted by molar-refractivity contribution is 0.154. The van der Waals surface area contributed by atoms with Crippen LogP contribution in [0, 0.1) is 16.7 Å². The molecule has 0 aromatic heterocycles. The van der Waals surface area contributed by atoms with Crippen LogP contribution in [0.5, 0.6) is 0 Å². The Kier molecular flexibility index (Phi) is 2.55. The molecular formula is C13H15NO2S. The van der Waals surface area contributed by atoms with E-state index in [2.05, 4.69) is 0 Å². The monoisotopic (exact) mass is 249 g/mol. The minimum Gasteiger partial charge on any atom is -0.222 e. The lowest BCUT2D eigenvalue weighted by Gasteiger charge is -2.47. The van der Waals surface area contributed by atoms with Crippen LogP contribution < -0.4 is 0 Å². The predicted molar refractivity (Wildman–Crippen MR) is 65.0 cm³/mol. The highest BCUT2D eigenvalue weighted by Gasteiger charge is 2.58. The van der Waals surface area contributed by atoms with Gasteiger partial charge in [0, 0.05) is 0 Å². The second-order valence-corrected chi connectivity index (χ2v) is 7.70. The number of hydrogen-bond donors (Lipinski definition) is 0. The van der Waals surface area contributed by atoms with Crippen molar-refractivity contribution in [3.63, 3.8) is 0 Å². The molecule has 0 radical (unpaired) electrons. The molecule has 1 aliphatic rings. The van der Waals surface area contributed by atoms with Gasteiger partial charge in [-0.15, -0.1) is 0 Å². The van der Waals surface area contributed by atoms with Crippen LogP contribution in [0.25, 0.3) is 0 Å². The minimum atomic E-state index is -3.55. The molecule has 0 saturated heterocycles. The van der Waals surface area contributed by atoms with Crippen molar-refractivity contribution in [2.45, 2.75) is 36.3 Å². The van der Waals surface area contributed by atoms with Crippen LogP contribution in [0.4, 0.5) is 0 Å². The molecule has 1 aromatic rings. The van der Waals surface area contributed by atoms with Gasteiger partial charge in [0.25, 0.3) is 0 Å². The quantitative estimate of drug-likeness (QED) is 0.809. The van der Waals surface area contributed by atoms with E-state index in [0.717, 1.165) is 0 Å². The first-order chi connectivity index (χ1) is 7.83. The maximum absolute atomic E-state index is 12.4. The molecule has 0 spiro atoms. The van der Waals surface area contributed by atoms with E-state index >= 15 is 0 Å². The van der Waals surface area contributed by atoms with E-state index in [9.17, 15) is 13.7 Å². The zero-order chi connectivity index (χ0) is 12.7. The zero-order valence-electron chi connectivity index (χ0n) is 9.97. The fraction of sp³-hybridized carbons (Fsp3) is 0.462. The Morgan fingerprint density at radius 3 is 2.12 bits per heavy atom. The Bertz CT molecular complexity index is 559. The predicted octanol–water partition coefficient (Wildman–Crippen LogP) is 2.54. The van der Waals surface area contributed by atoms with E-state index in [1.807, 2.05) is 19.9 Å². The van der Waals surface area contributed by atoms with E-state index in [1.54, 1.807) is 30.3 Å². The van der Waals surface area contributed by atoms with Crippen molar-refractivity contribution in [1.82, 2.24) is 0 Å². The van der Waals surface area contributed by atoms with E-state index in [1.165, 1.54) is 0 Å². The van der Waals surface area contributed by atoms with Gasteiger partial charge in [-0.05, 0) is 30.4 Å². The van der Waals surface area contributed by atoms with Crippen LogP contribution in [0.2, 0.25) is 0 Å². The number of nitriles is 1. The van der Waals surface area contributed by atoms with Crippen molar-refractivity contribution < 1.29 is 8.42 Å². The highest BCUT2D eigenvalue weighted by Crippen LogP contribution is 2.53. The third-order valence-corrected chi connectivity index (χ3v) is 5.60. The molecule has 0 amide bonds. The SMILES string of the molecule is CC1(C)CC(C#N)(S(=O)(=O)c2ccccc2)C1. The van der Waals surface area contributed by atoms with Crippen LogP contribution in [-0.4, -0.2) is 13.2 Å². The topological polar surface area (TPSA) is 57.9 Å². The maximum atomic E-state index is 12.4. The van der Waals surface area contributed by atoms with E-state index in [-0.39, 0.29) is 10.3 Å². The first-order valence-electron chi connectivity index (χ1n) is 5.54. The van der Waals surface area contributed by atoms with Gasteiger partial charge in [-0.3, -0.25) is 0 Å². The van der Waals surface area contributed by atoms with Gasteiger partial charge in [-0.1, -0.05) is 32.0 Å². The van der Waals surface area contributed by atoms with Gasteiger partial charge in [0.1, 0.15) is 0 Å². The third-order valence-electron chi connectivity index (χ3n) is 3.30. The molecule has 1 fully saturated rings. The Balaban J connectivity index is 2.45. The average molecular weight is 249 g/mol. The molecule has 0 N–H and O–H groups in total. The first kappa shape index (κ1) is 12.1. The molecule has 0 unspecified atom stereocenters. The number of hydrogen-bond acceptors (Lipinski definition) is 3. The largest absolute Gasteiger partial charge is 0.222 e. The van der Waals surface area contributed by atoms with Crippen LogP contribution in [0.3, 0.4) is 0 Å². The summed E-state index contributed by atoms with van der Waals surface area (Å²) in [5, 5.41) is 9.24. The zero-order valence-corrected chi connectivity index (χ0v) is 10.8. The molecular weight excluding hydrogens is 234 g/mol. The fourth-order valence-electron chi connectivity index (χ4n) is 2.65. The van der Waals surface area contributed by atoms with Crippen molar-refractivity contribution in [2.24, 2.45) is 5.41 Å². The highest BCUT2D eigenvalue weighted by atomic mass is 32.2. The molecule has 0 heterocycles. The highest BCUT2D eigenvalue weighted by molar-refractivity contribution is 7.93. The van der Waals surface area contributed by atoms with E-state index < -0.39 is 14.6 Å². The summed E-state index contributed by atoms with van der Waals surface area (Å²) >= 11 is 0. The Morgan fingerprint density at radius 2 is 1.71 bits per heavy atom. The third kappa shape index (κ3) is 1.75. The lowest BCUT2D eigenvalue weighted by atomic mass is 9.64. The summed E-state index contributed by atoms with van der Waals surface area (Å²) in [6.07, 6.45) is 0.821. The molecule has 0 atom stereocenters. The molecule has 17 heavy (non-hydrogen) atoms. The van der Waals surface area contributed by atoms with Crippen molar-refractivity contribution in [3.8, 4) is 6.07 Å². The van der Waals surface area contributed by atoms with Crippen LogP contribution in [0.1, 0.15) is 26.7 Å². The number of sulfone groups is 1. The van der Waals surface area contributed by atoms with Gasteiger partial charge in [-0.2, -0.15) is 5.26 Å². The molecule has 1 aliphatic carbocycles. The summed E-state index contributed by atoms with van der Waals surface area (Å²) < 4.78 is 23.6. The van der Waals surface area contributed by atoms with Crippen LogP contribution in [0.15, 0.2) is 35.2 Å². The second kappa shape index (κ2) is 3.58. The number of rotatable bonds is 2. The van der Waals surface area contributed by atoms with Gasteiger partial charge in [0.05, 0.1) is 11.0 Å². The van der Waals surface area contributed by atoms with E-state index in [4.69, 9.17) is 0 Å². The van der Waals surface area contributed by atoms with Crippen molar-refractivity contribution in [2.75, 3.05) is 0 Å². The van der Waals surface area contributed by atoms with Gasteiger partial charge in [0.15, 0.2) is 14.6 Å². The van der Waals surface area contributed by atoms with E-state index in [0.29, 0.717) is 12.8 Å². The number of nitrogens with zero attached hydrogens (tertiary/aromatic N) is 1. The fourth-order valence-corrected chi connectivity index (χ4v) is 4.90. The summed E-state index contributed by atoms with van der Waals surface area (Å²) in [5.41, 5.74) is -0.0580. The molecule has 0 bridgehead atoms. The maximum Gasteiger partial charge on any atom is 0.197 e. The molecule has 90 valence electrons. The summed E-state index contributed by atoms with van der Waals surface area (Å²) in [5.74, 6) is 0. The van der Waals surface area contributed by atoms with Crippen molar-refractivity contribution in [1.29, 1.82) is 5.26 Å². The van der Waals surface area contributed by atoms with Crippen molar-refractivity contribution >= 4 is 9.84 Å². The molecule has 0 aliphatic heterocycles. The second-order valence-electron chi connectivity index (χ2n) is 5.44. The summed E-state index contributed by atoms with van der Waals surface area (Å²) in [7, 11) is -3.55. The van der Waals surface area contributed by atoms with Gasteiger partial charge in [0.2, 0.25) is 0 Å². The lowest BCUT2D eigenvalue weighted by Crippen LogP contribution is -2.53. The number of benzene rings is 1. The first-order valence-corrected chi connectivity index (χ1v) is 7.02. The minimum absolute atomic E-state index is 0.0580. The smallest absolute Gasteiger partial charge is 0.197 e. The van der Waals surface area contributed by atoms with Crippen LogP contribution in [-0.2, 0) is 9.84 Å². The Morgan fingerprint density at radius 1 is 1.18 bits per heavy atom. The average Bonchev–Trinajstić information content (AvgIpc) is 2.26. The normalized spacial score (nSPS) is 21.2. The molecule has 3 nitrogen and oxygen atoms in total. The molecule has 2 rings (SSSR count). The van der Waals surface area contributed by atoms with Gasteiger partial charge < -0.3 is 0 Å². The summed E-state index contributed by atoms with van der Waals surface area (Å²) in [6.45, 7) is 3.98. The van der Waals surface area contributed by atoms with Gasteiger partial charge in [-0.25, -0.2) is 8.42 Å².